The van der Waals surface area contributed by atoms with Crippen LogP contribution in [-0.2, 0) is 12.1 Å². The highest BCUT2D eigenvalue weighted by Gasteiger charge is 2.31. The van der Waals surface area contributed by atoms with Gasteiger partial charge < -0.3 is 20.1 Å². The molecule has 0 aliphatic carbocycles. The zero-order valence-electron chi connectivity index (χ0n) is 20.9. The zero-order chi connectivity index (χ0) is 25.7. The van der Waals surface area contributed by atoms with Crippen LogP contribution in [0.2, 0.25) is 0 Å². The highest BCUT2D eigenvalue weighted by atomic mass is 16.5. The van der Waals surface area contributed by atoms with E-state index in [-0.39, 0.29) is 12.1 Å². The monoisotopic (exact) mass is 499 g/mol. The minimum absolute atomic E-state index is 0.251. The summed E-state index contributed by atoms with van der Waals surface area (Å²) in [7, 11) is 0. The summed E-state index contributed by atoms with van der Waals surface area (Å²) in [4.78, 5) is 29.4. The van der Waals surface area contributed by atoms with Gasteiger partial charge in [-0.1, -0.05) is 12.1 Å². The second kappa shape index (κ2) is 8.74. The van der Waals surface area contributed by atoms with E-state index in [1.807, 2.05) is 12.1 Å². The smallest absolute Gasteiger partial charge is 0.278 e. The lowest BCUT2D eigenvalue weighted by Gasteiger charge is -2.33. The van der Waals surface area contributed by atoms with Crippen molar-refractivity contribution >= 4 is 28.4 Å². The molecule has 1 atom stereocenters. The number of nitrogens with one attached hydrogen (secondary N) is 1. The summed E-state index contributed by atoms with van der Waals surface area (Å²) in [6.45, 7) is 9.12. The van der Waals surface area contributed by atoms with Crippen LogP contribution in [0.1, 0.15) is 32.4 Å². The summed E-state index contributed by atoms with van der Waals surface area (Å²) in [6.07, 6.45) is 5.50. The van der Waals surface area contributed by atoms with Crippen LogP contribution in [0.15, 0.2) is 60.0 Å². The molecule has 5 heterocycles. The molecular formula is C27H29N7O3. The predicted octanol–water partition coefficient (Wildman–Crippen LogP) is 3.50. The Morgan fingerprint density at radius 2 is 2.14 bits per heavy atom. The molecule has 6 rings (SSSR count). The van der Waals surface area contributed by atoms with Crippen molar-refractivity contribution in [2.45, 2.75) is 44.9 Å². The highest BCUT2D eigenvalue weighted by molar-refractivity contribution is 5.77. The molecule has 10 heteroatoms. The first-order chi connectivity index (χ1) is 17.8. The Balaban J connectivity index is 1.41. The second-order valence-electron chi connectivity index (χ2n) is 9.97. The van der Waals surface area contributed by atoms with Crippen molar-refractivity contribution in [3.05, 3.63) is 71.3 Å². The number of ether oxygens (including phenoxy) is 1. The molecule has 190 valence electrons. The molecule has 2 aliphatic rings. The van der Waals surface area contributed by atoms with Gasteiger partial charge in [0.25, 0.3) is 5.56 Å². The first-order valence-electron chi connectivity index (χ1n) is 12.4. The Hall–Kier alpha value is -4.18. The minimum atomic E-state index is -1.15. The van der Waals surface area contributed by atoms with Crippen LogP contribution in [0.5, 0.6) is 5.75 Å². The third-order valence-electron chi connectivity index (χ3n) is 6.89. The number of pyridine rings is 1. The van der Waals surface area contributed by atoms with Gasteiger partial charge in [-0.15, -0.1) is 6.58 Å². The average Bonchev–Trinajstić information content (AvgIpc) is 3.47. The van der Waals surface area contributed by atoms with Crippen molar-refractivity contribution in [3.63, 3.8) is 0 Å². The second-order valence-corrected chi connectivity index (χ2v) is 9.97. The van der Waals surface area contributed by atoms with Gasteiger partial charge >= 0.3 is 0 Å². The Kier molecular flexibility index (Phi) is 5.49. The van der Waals surface area contributed by atoms with Gasteiger partial charge in [-0.05, 0) is 51.0 Å². The number of hydrogen-bond acceptors (Lipinski definition) is 8. The molecule has 0 radical (unpaired) electrons. The number of hydrogen-bond donors (Lipinski definition) is 2. The Labute approximate surface area is 213 Å². The summed E-state index contributed by atoms with van der Waals surface area (Å²) in [5.74, 6) is 1.64. The van der Waals surface area contributed by atoms with Gasteiger partial charge in [0.15, 0.2) is 11.5 Å². The number of benzene rings is 1. The zero-order valence-corrected chi connectivity index (χ0v) is 20.9. The fourth-order valence-electron chi connectivity index (χ4n) is 5.08. The standard InChI is InChI=1S/C27H29N7O3/c1-4-12-33-25(35)19-15-28-26(31-24(19)34(33)23-9-5-8-22(30-23)27(2,3)36)29-17-10-11-20-21(14-17)37-16-18-7-6-13-32(18)20/h4-5,8-11,14-15,18,36H,1,6-7,12-13,16H2,2-3H3,(H,28,29,31)/t18-/m0/s1. The van der Waals surface area contributed by atoms with Gasteiger partial charge in [-0.25, -0.2) is 19.3 Å². The summed E-state index contributed by atoms with van der Waals surface area (Å²) in [6, 6.07) is 11.8. The molecule has 10 nitrogen and oxygen atoms in total. The first-order valence-corrected chi connectivity index (χ1v) is 12.4. The van der Waals surface area contributed by atoms with Crippen LogP contribution < -0.4 is 20.5 Å². The van der Waals surface area contributed by atoms with Crippen molar-refractivity contribution in [2.75, 3.05) is 23.4 Å². The molecule has 0 spiro atoms. The molecule has 1 saturated heterocycles. The Morgan fingerprint density at radius 3 is 2.95 bits per heavy atom. The van der Waals surface area contributed by atoms with E-state index in [2.05, 4.69) is 32.8 Å². The highest BCUT2D eigenvalue weighted by Crippen LogP contribution is 2.39. The van der Waals surface area contributed by atoms with Gasteiger partial charge in [0.2, 0.25) is 5.95 Å². The maximum atomic E-state index is 13.2. The number of rotatable bonds is 6. The lowest BCUT2D eigenvalue weighted by molar-refractivity contribution is 0.0738. The third kappa shape index (κ3) is 4.03. The van der Waals surface area contributed by atoms with Crippen LogP contribution in [0.25, 0.3) is 16.9 Å². The largest absolute Gasteiger partial charge is 0.489 e. The van der Waals surface area contributed by atoms with Crippen LogP contribution in [0.4, 0.5) is 17.3 Å². The summed E-state index contributed by atoms with van der Waals surface area (Å²) >= 11 is 0. The van der Waals surface area contributed by atoms with Crippen LogP contribution in [0.3, 0.4) is 0 Å². The molecule has 2 N–H and O–H groups in total. The normalized spacial score (nSPS) is 16.8. The van der Waals surface area contributed by atoms with E-state index in [1.165, 1.54) is 17.3 Å². The van der Waals surface area contributed by atoms with E-state index in [0.29, 0.717) is 41.1 Å². The molecule has 0 amide bonds. The quantitative estimate of drug-likeness (QED) is 0.388. The molecule has 0 bridgehead atoms. The summed E-state index contributed by atoms with van der Waals surface area (Å²) in [5, 5.41) is 14.1. The molecule has 2 aliphatic heterocycles. The maximum absolute atomic E-state index is 13.2. The first kappa shape index (κ1) is 23.2. The van der Waals surface area contributed by atoms with Crippen LogP contribution >= 0.6 is 0 Å². The molecule has 3 aromatic heterocycles. The van der Waals surface area contributed by atoms with E-state index >= 15 is 0 Å². The van der Waals surface area contributed by atoms with Gasteiger partial charge in [0, 0.05) is 24.5 Å². The number of nitrogens with zero attached hydrogens (tertiary/aromatic N) is 6. The van der Waals surface area contributed by atoms with Crippen molar-refractivity contribution in [1.29, 1.82) is 0 Å². The van der Waals surface area contributed by atoms with Crippen LogP contribution in [0, 0.1) is 0 Å². The molecular weight excluding hydrogens is 470 g/mol. The minimum Gasteiger partial charge on any atom is -0.489 e. The van der Waals surface area contributed by atoms with Crippen LogP contribution in [-0.4, -0.2) is 48.6 Å². The van der Waals surface area contributed by atoms with Crippen molar-refractivity contribution in [1.82, 2.24) is 24.3 Å². The molecule has 0 unspecified atom stereocenters. The molecule has 1 fully saturated rings. The molecule has 37 heavy (non-hydrogen) atoms. The van der Waals surface area contributed by atoms with E-state index < -0.39 is 5.60 Å². The summed E-state index contributed by atoms with van der Waals surface area (Å²) in [5.41, 5.74) is 1.39. The Bertz CT molecular complexity index is 1570. The van der Waals surface area contributed by atoms with Gasteiger partial charge in [-0.3, -0.25) is 4.79 Å². The Morgan fingerprint density at radius 1 is 1.27 bits per heavy atom. The fourth-order valence-corrected chi connectivity index (χ4v) is 5.08. The SMILES string of the molecule is C=CCn1c(=O)c2cnc(Nc3ccc4c(c3)OC[C@@H]3CCCN43)nc2n1-c1cccc(C(C)(C)O)n1. The predicted molar refractivity (Wildman–Crippen MR) is 142 cm³/mol. The molecule has 1 aromatic carbocycles. The number of aliphatic hydroxyl groups is 1. The number of allylic oxidation sites excluding steroid dienone is 1. The van der Waals surface area contributed by atoms with Gasteiger partial charge in [-0.2, -0.15) is 4.98 Å². The lowest BCUT2D eigenvalue weighted by atomic mass is 10.1. The van der Waals surface area contributed by atoms with E-state index in [9.17, 15) is 9.90 Å². The van der Waals surface area contributed by atoms with E-state index in [1.54, 1.807) is 42.8 Å². The number of fused-ring (bicyclic) bond motifs is 4. The van der Waals surface area contributed by atoms with E-state index in [0.717, 1.165) is 30.1 Å². The third-order valence-corrected chi connectivity index (χ3v) is 6.89. The van der Waals surface area contributed by atoms with E-state index in [4.69, 9.17) is 9.72 Å². The van der Waals surface area contributed by atoms with Crippen molar-refractivity contribution in [2.24, 2.45) is 0 Å². The molecule has 0 saturated carbocycles. The van der Waals surface area contributed by atoms with Gasteiger partial charge in [0.05, 0.1) is 24.0 Å². The van der Waals surface area contributed by atoms with Crippen molar-refractivity contribution in [3.8, 4) is 11.6 Å². The lowest BCUT2D eigenvalue weighted by Crippen LogP contribution is -2.38. The summed E-state index contributed by atoms with van der Waals surface area (Å²) < 4.78 is 9.19. The fraction of sp³-hybridized carbons (Fsp3) is 0.333. The number of aromatic nitrogens is 5. The van der Waals surface area contributed by atoms with Crippen molar-refractivity contribution < 1.29 is 9.84 Å². The molecule has 4 aromatic rings. The number of anilines is 3. The topological polar surface area (TPSA) is 110 Å². The average molecular weight is 500 g/mol. The van der Waals surface area contributed by atoms with Gasteiger partial charge in [0.1, 0.15) is 23.3 Å². The maximum Gasteiger partial charge on any atom is 0.278 e.